The first-order chi connectivity index (χ1) is 36.4. The first kappa shape index (κ1) is 62.8. The summed E-state index contributed by atoms with van der Waals surface area (Å²) in [6, 6.07) is 0. The molecule has 30 atom stereocenters. The standard InChI is InChI=1S/C54H92O24/c1-23(2)26(78-69)10-15-54(9,77-47-42(68)38(64)36(62)29(74-47)22-71-45-40(66)33(59)25(58)21-70-45)53(8)17-16-52(7)44(53)24(57)18-31-50(5)13-12-32(49(3,4)30(50)11-14-51(31,52)6)75-48-43(39(65)35(61)28(20-56)73-48)76-46-41(67)37(63)34(60)27(19-55)72-46/h24-48,55-69H,1,10-22H2,2-9H3/t24-,25-,26+,27-,28-,29-,30+,31-,32+,33+,34-,35-,36-,37+,38+,39+,40-,41-,42-,43-,44+,45+,46+,47+,48+,50+,51-,52-,53+,54+/m1/s1. The number of hydrogen-bond acceptors (Lipinski definition) is 24. The molecule has 4 heterocycles. The molecule has 24 heteroatoms. The monoisotopic (exact) mass is 1120 g/mol. The Bertz CT molecular complexity index is 2040. The first-order valence-corrected chi connectivity index (χ1v) is 27.9. The Morgan fingerprint density at radius 1 is 0.615 bits per heavy atom. The Hall–Kier alpha value is -1.22. The molecule has 4 aliphatic carbocycles. The Balaban J connectivity index is 1.04. The van der Waals surface area contributed by atoms with E-state index in [1.165, 1.54) is 0 Å². The average Bonchev–Trinajstić information content (AvgIpc) is 3.39. The van der Waals surface area contributed by atoms with E-state index >= 15 is 0 Å². The van der Waals surface area contributed by atoms with Crippen molar-refractivity contribution in [1.29, 1.82) is 0 Å². The van der Waals surface area contributed by atoms with Gasteiger partial charge >= 0.3 is 0 Å². The van der Waals surface area contributed by atoms with E-state index in [1.807, 2.05) is 6.92 Å². The van der Waals surface area contributed by atoms with Crippen LogP contribution in [0.4, 0.5) is 0 Å². The SMILES string of the molecule is C=C(C)[C@H](CC[C@](C)(O[C@@H]1O[C@H](CO[C@@H]2OC[C@@H](O)[C@H](O)[C@H]2O)[C@@H](O)[C@H](O)[C@H]1O)[C@@]1(C)CC[C@]2(C)[C@@H]1[C@H](O)C[C@@H]1[C@@]3(C)CC[C@H](O[C@@H]4O[C@H](CO)[C@@H](O)[C@H](O)[C@H]4O[C@@H]4O[C@H](CO)[C@@H](O)[C@H](O)[C@H]4O)C(C)(C)[C@@H]3CC[C@]12C)OO. The minimum absolute atomic E-state index is 0.001000. The van der Waals surface area contributed by atoms with Gasteiger partial charge in [-0.15, -0.1) is 0 Å². The normalized spacial score (nSPS) is 52.6. The summed E-state index contributed by atoms with van der Waals surface area (Å²) in [6.45, 7) is 18.5. The molecule has 452 valence electrons. The van der Waals surface area contributed by atoms with Crippen molar-refractivity contribution in [2.24, 2.45) is 44.8 Å². The van der Waals surface area contributed by atoms with E-state index in [-0.39, 0.29) is 42.1 Å². The van der Waals surface area contributed by atoms with Crippen molar-refractivity contribution in [2.75, 3.05) is 26.4 Å². The van der Waals surface area contributed by atoms with Crippen LogP contribution in [0.15, 0.2) is 12.2 Å². The van der Waals surface area contributed by atoms with Gasteiger partial charge in [0.05, 0.1) is 44.2 Å². The number of hydrogen-bond donors (Lipinski definition) is 15. The van der Waals surface area contributed by atoms with Crippen LogP contribution in [-0.2, 0) is 42.8 Å². The van der Waals surface area contributed by atoms with E-state index in [1.54, 1.807) is 6.92 Å². The van der Waals surface area contributed by atoms with Crippen LogP contribution in [0.3, 0.4) is 0 Å². The summed E-state index contributed by atoms with van der Waals surface area (Å²) in [5, 5.41) is 162. The van der Waals surface area contributed by atoms with E-state index in [0.29, 0.717) is 37.7 Å². The lowest BCUT2D eigenvalue weighted by atomic mass is 9.34. The summed E-state index contributed by atoms with van der Waals surface area (Å²) in [5.74, 6) is -0.444. The number of ether oxygens (including phenoxy) is 8. The quantitative estimate of drug-likeness (QED) is 0.0334. The number of aliphatic hydroxyl groups excluding tert-OH is 14. The molecular weight excluding hydrogens is 1030 g/mol. The van der Waals surface area contributed by atoms with E-state index in [9.17, 15) is 76.7 Å². The fraction of sp³-hybridized carbons (Fsp3) is 0.963. The van der Waals surface area contributed by atoms with Crippen molar-refractivity contribution in [3.8, 4) is 0 Å². The highest BCUT2D eigenvalue weighted by Gasteiger charge is 2.75. The van der Waals surface area contributed by atoms with Crippen LogP contribution in [0.2, 0.25) is 0 Å². The van der Waals surface area contributed by atoms with Gasteiger partial charge in [-0.25, -0.2) is 4.89 Å². The molecule has 0 aromatic carbocycles. The largest absolute Gasteiger partial charge is 0.394 e. The Labute approximate surface area is 455 Å². The fourth-order valence-corrected chi connectivity index (χ4v) is 16.6. The van der Waals surface area contributed by atoms with Crippen LogP contribution >= 0.6 is 0 Å². The summed E-state index contributed by atoms with van der Waals surface area (Å²) >= 11 is 0. The molecule has 8 fully saturated rings. The predicted octanol–water partition coefficient (Wildman–Crippen LogP) is -1.71. The van der Waals surface area contributed by atoms with Crippen LogP contribution in [-0.4, -0.2) is 244 Å². The van der Waals surface area contributed by atoms with Gasteiger partial charge in [0.15, 0.2) is 25.2 Å². The van der Waals surface area contributed by atoms with Crippen molar-refractivity contribution in [2.45, 2.75) is 254 Å². The highest BCUT2D eigenvalue weighted by molar-refractivity contribution is 5.23. The van der Waals surface area contributed by atoms with Crippen molar-refractivity contribution in [3.05, 3.63) is 12.2 Å². The molecule has 8 aliphatic rings. The molecular formula is C54H92O24. The summed E-state index contributed by atoms with van der Waals surface area (Å²) in [7, 11) is 0. The molecule has 4 aliphatic heterocycles. The maximum Gasteiger partial charge on any atom is 0.187 e. The third-order valence-corrected chi connectivity index (χ3v) is 21.6. The molecule has 0 radical (unpaired) electrons. The van der Waals surface area contributed by atoms with E-state index in [2.05, 4.69) is 48.1 Å². The zero-order valence-electron chi connectivity index (χ0n) is 46.2. The van der Waals surface area contributed by atoms with Crippen LogP contribution in [0.1, 0.15) is 113 Å². The molecule has 0 amide bonds. The summed E-state index contributed by atoms with van der Waals surface area (Å²) in [5.41, 5.74) is -3.54. The third kappa shape index (κ3) is 10.5. The minimum Gasteiger partial charge on any atom is -0.394 e. The molecule has 0 unspecified atom stereocenters. The van der Waals surface area contributed by atoms with Gasteiger partial charge in [0.25, 0.3) is 0 Å². The smallest absolute Gasteiger partial charge is 0.187 e. The van der Waals surface area contributed by atoms with Crippen molar-refractivity contribution < 1.29 is 120 Å². The fourth-order valence-electron chi connectivity index (χ4n) is 16.6. The van der Waals surface area contributed by atoms with Gasteiger partial charge in [0, 0.05) is 5.41 Å². The van der Waals surface area contributed by atoms with Crippen molar-refractivity contribution in [1.82, 2.24) is 0 Å². The van der Waals surface area contributed by atoms with Crippen LogP contribution < -0.4 is 0 Å². The van der Waals surface area contributed by atoms with Crippen molar-refractivity contribution in [3.63, 3.8) is 0 Å². The van der Waals surface area contributed by atoms with Gasteiger partial charge < -0.3 is 109 Å². The Morgan fingerprint density at radius 2 is 1.19 bits per heavy atom. The van der Waals surface area contributed by atoms with Crippen LogP contribution in [0, 0.1) is 44.8 Å². The lowest BCUT2D eigenvalue weighted by molar-refractivity contribution is -0.378. The number of fused-ring (bicyclic) bond motifs is 5. The van der Waals surface area contributed by atoms with Gasteiger partial charge in [-0.1, -0.05) is 48.1 Å². The molecule has 78 heavy (non-hydrogen) atoms. The lowest BCUT2D eigenvalue weighted by Crippen LogP contribution is -2.69. The van der Waals surface area contributed by atoms with Gasteiger partial charge in [0.2, 0.25) is 0 Å². The number of rotatable bonds is 17. The molecule has 8 rings (SSSR count). The molecule has 4 saturated carbocycles. The summed E-state index contributed by atoms with van der Waals surface area (Å²) in [6.07, 6.45) is -27.8. The maximum absolute atomic E-state index is 13.0. The zero-order valence-corrected chi connectivity index (χ0v) is 46.2. The van der Waals surface area contributed by atoms with Gasteiger partial charge in [-0.05, 0) is 117 Å². The molecule has 0 bridgehead atoms. The van der Waals surface area contributed by atoms with E-state index < -0.39 is 183 Å². The van der Waals surface area contributed by atoms with Gasteiger partial charge in [0.1, 0.15) is 97.7 Å². The summed E-state index contributed by atoms with van der Waals surface area (Å²) in [4.78, 5) is 4.88. The molecule has 0 aromatic heterocycles. The predicted molar refractivity (Wildman–Crippen MR) is 268 cm³/mol. The molecule has 15 N–H and O–H groups in total. The lowest BCUT2D eigenvalue weighted by Gasteiger charge is -2.71. The second-order valence-corrected chi connectivity index (χ2v) is 26.1. The molecule has 0 spiro atoms. The average molecular weight is 1130 g/mol. The van der Waals surface area contributed by atoms with Crippen molar-refractivity contribution >= 4 is 0 Å². The highest BCUT2D eigenvalue weighted by atomic mass is 17.1. The highest BCUT2D eigenvalue weighted by Crippen LogP contribution is 2.78. The zero-order chi connectivity index (χ0) is 57.6. The van der Waals surface area contributed by atoms with E-state index in [0.717, 1.165) is 12.8 Å². The second kappa shape index (κ2) is 23.3. The topological polar surface area (TPSA) is 387 Å². The minimum atomic E-state index is -1.83. The molecule has 0 aromatic rings. The van der Waals surface area contributed by atoms with Crippen LogP contribution in [0.5, 0.6) is 0 Å². The molecule has 24 nitrogen and oxygen atoms in total. The Morgan fingerprint density at radius 3 is 1.81 bits per heavy atom. The third-order valence-electron chi connectivity index (χ3n) is 21.6. The summed E-state index contributed by atoms with van der Waals surface area (Å²) < 4.78 is 48.9. The maximum atomic E-state index is 13.0. The second-order valence-electron chi connectivity index (χ2n) is 26.1. The Kier molecular flexibility index (Phi) is 18.8. The molecule has 4 saturated heterocycles. The van der Waals surface area contributed by atoms with Crippen LogP contribution in [0.25, 0.3) is 0 Å². The first-order valence-electron chi connectivity index (χ1n) is 27.9. The number of aliphatic hydroxyl groups is 14. The van der Waals surface area contributed by atoms with Gasteiger partial charge in [-0.2, -0.15) is 0 Å². The van der Waals surface area contributed by atoms with Gasteiger partial charge in [-0.3, -0.25) is 5.26 Å². The van der Waals surface area contributed by atoms with E-state index in [4.69, 9.17) is 42.8 Å².